The lowest BCUT2D eigenvalue weighted by atomic mass is 10.3. The standard InChI is InChI=1S/C7H7NO3/c9-7(10)5-1-4(5)6-2-8-3-11-6/h2-5H,1H2,(H,9,10). The van der Waals surface area contributed by atoms with Gasteiger partial charge in [-0.05, 0) is 6.42 Å². The first-order chi connectivity index (χ1) is 5.29. The minimum Gasteiger partial charge on any atom is -0.481 e. The molecule has 1 saturated carbocycles. The number of carboxylic acid groups (broad SMARTS) is 1. The average molecular weight is 153 g/mol. The maximum atomic E-state index is 10.4. The topological polar surface area (TPSA) is 63.3 Å². The van der Waals surface area contributed by atoms with Crippen molar-refractivity contribution < 1.29 is 14.3 Å². The van der Waals surface area contributed by atoms with Crippen molar-refractivity contribution in [3.8, 4) is 0 Å². The van der Waals surface area contributed by atoms with Gasteiger partial charge in [-0.15, -0.1) is 0 Å². The highest BCUT2D eigenvalue weighted by Gasteiger charge is 2.46. The molecule has 4 nitrogen and oxygen atoms in total. The van der Waals surface area contributed by atoms with Crippen LogP contribution in [0.1, 0.15) is 18.1 Å². The summed E-state index contributed by atoms with van der Waals surface area (Å²) < 4.78 is 4.96. The van der Waals surface area contributed by atoms with Crippen LogP contribution in [0.25, 0.3) is 0 Å². The summed E-state index contributed by atoms with van der Waals surface area (Å²) in [5.41, 5.74) is 0. The smallest absolute Gasteiger partial charge is 0.307 e. The Morgan fingerprint density at radius 1 is 1.82 bits per heavy atom. The molecule has 58 valence electrons. The predicted molar refractivity (Wildman–Crippen MR) is 35.0 cm³/mol. The summed E-state index contributed by atoms with van der Waals surface area (Å²) in [6.07, 6.45) is 3.59. The summed E-state index contributed by atoms with van der Waals surface area (Å²) in [4.78, 5) is 14.1. The van der Waals surface area contributed by atoms with Gasteiger partial charge in [-0.1, -0.05) is 0 Å². The van der Waals surface area contributed by atoms with Crippen LogP contribution >= 0.6 is 0 Å². The van der Waals surface area contributed by atoms with E-state index in [1.54, 1.807) is 6.20 Å². The average Bonchev–Trinajstić information content (AvgIpc) is 2.60. The molecule has 0 amide bonds. The second-order valence-corrected chi connectivity index (χ2v) is 2.69. The molecule has 1 aromatic rings. The van der Waals surface area contributed by atoms with Gasteiger partial charge in [0.05, 0.1) is 12.1 Å². The minimum atomic E-state index is -0.744. The third-order valence-corrected chi connectivity index (χ3v) is 1.92. The highest BCUT2D eigenvalue weighted by Crippen LogP contribution is 2.47. The van der Waals surface area contributed by atoms with E-state index in [1.807, 2.05) is 0 Å². The van der Waals surface area contributed by atoms with E-state index in [1.165, 1.54) is 6.39 Å². The van der Waals surface area contributed by atoms with Crippen LogP contribution in [0, 0.1) is 5.92 Å². The molecule has 2 atom stereocenters. The highest BCUT2D eigenvalue weighted by atomic mass is 16.4. The molecular formula is C7H7NO3. The number of aromatic nitrogens is 1. The summed E-state index contributed by atoms with van der Waals surface area (Å²) in [5.74, 6) is -0.234. The van der Waals surface area contributed by atoms with Crippen molar-refractivity contribution in [3.63, 3.8) is 0 Å². The molecule has 0 radical (unpaired) electrons. The van der Waals surface area contributed by atoms with Crippen molar-refractivity contribution in [1.29, 1.82) is 0 Å². The van der Waals surface area contributed by atoms with Gasteiger partial charge in [-0.2, -0.15) is 0 Å². The number of hydrogen-bond acceptors (Lipinski definition) is 3. The van der Waals surface area contributed by atoms with Gasteiger partial charge >= 0.3 is 5.97 Å². The monoisotopic (exact) mass is 153 g/mol. The van der Waals surface area contributed by atoms with Gasteiger partial charge in [0.25, 0.3) is 0 Å². The Hall–Kier alpha value is -1.32. The molecule has 0 saturated heterocycles. The van der Waals surface area contributed by atoms with E-state index in [9.17, 15) is 4.79 Å². The quantitative estimate of drug-likeness (QED) is 0.684. The van der Waals surface area contributed by atoms with Crippen LogP contribution in [-0.4, -0.2) is 16.1 Å². The Kier molecular flexibility index (Phi) is 1.21. The second kappa shape index (κ2) is 2.08. The lowest BCUT2D eigenvalue weighted by molar-refractivity contribution is -0.138. The molecule has 4 heteroatoms. The number of carboxylic acids is 1. The van der Waals surface area contributed by atoms with E-state index in [4.69, 9.17) is 9.52 Å². The van der Waals surface area contributed by atoms with E-state index < -0.39 is 5.97 Å². The molecule has 1 aliphatic rings. The fourth-order valence-corrected chi connectivity index (χ4v) is 1.19. The lowest BCUT2D eigenvalue weighted by Crippen LogP contribution is -1.98. The molecule has 2 unspecified atom stereocenters. The van der Waals surface area contributed by atoms with Gasteiger partial charge in [-0.3, -0.25) is 4.79 Å². The SMILES string of the molecule is O=C(O)C1CC1c1cnco1. The van der Waals surface area contributed by atoms with E-state index in [0.717, 1.165) is 0 Å². The maximum absolute atomic E-state index is 10.4. The Balaban J connectivity index is 2.08. The largest absolute Gasteiger partial charge is 0.481 e. The molecule has 11 heavy (non-hydrogen) atoms. The van der Waals surface area contributed by atoms with Crippen LogP contribution < -0.4 is 0 Å². The Labute approximate surface area is 62.9 Å². The first-order valence-electron chi connectivity index (χ1n) is 3.40. The molecule has 0 aromatic carbocycles. The third kappa shape index (κ3) is 1.00. The zero-order valence-corrected chi connectivity index (χ0v) is 5.73. The zero-order valence-electron chi connectivity index (χ0n) is 5.73. The van der Waals surface area contributed by atoms with Crippen LogP contribution in [0.4, 0.5) is 0 Å². The molecule has 2 rings (SSSR count). The molecule has 1 aromatic heterocycles. The normalized spacial score (nSPS) is 28.4. The van der Waals surface area contributed by atoms with Crippen LogP contribution in [0.3, 0.4) is 0 Å². The van der Waals surface area contributed by atoms with E-state index in [0.29, 0.717) is 12.2 Å². The lowest BCUT2D eigenvalue weighted by Gasteiger charge is -1.87. The molecule has 0 aliphatic heterocycles. The highest BCUT2D eigenvalue weighted by molar-refractivity contribution is 5.74. The van der Waals surface area contributed by atoms with E-state index in [2.05, 4.69) is 4.98 Å². The Bertz CT molecular complexity index is 267. The second-order valence-electron chi connectivity index (χ2n) is 2.69. The summed E-state index contributed by atoms with van der Waals surface area (Å²) in [6, 6.07) is 0. The first-order valence-corrected chi connectivity index (χ1v) is 3.40. The summed E-state index contributed by atoms with van der Waals surface area (Å²) in [6.45, 7) is 0. The number of aliphatic carboxylic acids is 1. The summed E-state index contributed by atoms with van der Waals surface area (Å²) in [5, 5.41) is 8.56. The van der Waals surface area contributed by atoms with Gasteiger partial charge < -0.3 is 9.52 Å². The minimum absolute atomic E-state index is 0.0648. The van der Waals surface area contributed by atoms with Crippen LogP contribution in [0.15, 0.2) is 17.0 Å². The third-order valence-electron chi connectivity index (χ3n) is 1.92. The van der Waals surface area contributed by atoms with Crippen molar-refractivity contribution in [3.05, 3.63) is 18.4 Å². The number of oxazole rings is 1. The zero-order chi connectivity index (χ0) is 7.84. The maximum Gasteiger partial charge on any atom is 0.307 e. The first kappa shape index (κ1) is 6.39. The fraction of sp³-hybridized carbons (Fsp3) is 0.429. The summed E-state index contributed by atoms with van der Waals surface area (Å²) >= 11 is 0. The number of carbonyl (C=O) groups is 1. The van der Waals surface area contributed by atoms with Crippen molar-refractivity contribution in [1.82, 2.24) is 4.98 Å². The molecule has 1 fully saturated rings. The van der Waals surface area contributed by atoms with E-state index in [-0.39, 0.29) is 11.8 Å². The van der Waals surface area contributed by atoms with Crippen molar-refractivity contribution in [2.24, 2.45) is 5.92 Å². The van der Waals surface area contributed by atoms with Crippen LogP contribution in [-0.2, 0) is 4.79 Å². The molecular weight excluding hydrogens is 146 g/mol. The summed E-state index contributed by atoms with van der Waals surface area (Å²) in [7, 11) is 0. The number of hydrogen-bond donors (Lipinski definition) is 1. The van der Waals surface area contributed by atoms with Crippen molar-refractivity contribution in [2.75, 3.05) is 0 Å². The molecule has 1 N–H and O–H groups in total. The molecule has 0 bridgehead atoms. The molecule has 1 heterocycles. The number of nitrogens with zero attached hydrogens (tertiary/aromatic N) is 1. The van der Waals surface area contributed by atoms with Gasteiger partial charge in [0, 0.05) is 5.92 Å². The van der Waals surface area contributed by atoms with Gasteiger partial charge in [0.1, 0.15) is 5.76 Å². The predicted octanol–water partition coefficient (Wildman–Crippen LogP) is 0.863. The fourth-order valence-electron chi connectivity index (χ4n) is 1.19. The van der Waals surface area contributed by atoms with Gasteiger partial charge in [0.2, 0.25) is 0 Å². The molecule has 1 aliphatic carbocycles. The van der Waals surface area contributed by atoms with Crippen LogP contribution in [0.5, 0.6) is 0 Å². The van der Waals surface area contributed by atoms with Gasteiger partial charge in [0.15, 0.2) is 6.39 Å². The Morgan fingerprint density at radius 2 is 2.64 bits per heavy atom. The van der Waals surface area contributed by atoms with Crippen LogP contribution in [0.2, 0.25) is 0 Å². The Morgan fingerprint density at radius 3 is 3.09 bits per heavy atom. The van der Waals surface area contributed by atoms with Gasteiger partial charge in [-0.25, -0.2) is 4.98 Å². The number of rotatable bonds is 2. The van der Waals surface area contributed by atoms with Crippen molar-refractivity contribution in [2.45, 2.75) is 12.3 Å². The molecule has 0 spiro atoms. The van der Waals surface area contributed by atoms with Crippen molar-refractivity contribution >= 4 is 5.97 Å². The van der Waals surface area contributed by atoms with E-state index >= 15 is 0 Å².